The van der Waals surface area contributed by atoms with Crippen molar-refractivity contribution in [2.75, 3.05) is 11.9 Å². The normalized spacial score (nSPS) is 23.0. The van der Waals surface area contributed by atoms with E-state index in [9.17, 15) is 10.1 Å². The van der Waals surface area contributed by atoms with E-state index in [0.29, 0.717) is 0 Å². The van der Waals surface area contributed by atoms with E-state index < -0.39 is 0 Å². The molecule has 0 unspecified atom stereocenters. The second kappa shape index (κ2) is 6.55. The van der Waals surface area contributed by atoms with E-state index >= 15 is 0 Å². The number of nitrogens with zero attached hydrogens (tertiary/aromatic N) is 1. The molecular weight excluding hydrogens is 240 g/mol. The molecule has 1 aromatic rings. The summed E-state index contributed by atoms with van der Waals surface area (Å²) in [4.78, 5) is 10.2. The van der Waals surface area contributed by atoms with Crippen LogP contribution in [0.25, 0.3) is 0 Å². The lowest BCUT2D eigenvalue weighted by molar-refractivity contribution is -0.384. The molecule has 0 spiro atoms. The van der Waals surface area contributed by atoms with Crippen LogP contribution < -0.4 is 5.32 Å². The standard InChI is InChI=1S/C15H22N2O2/c1-12-2-4-13(5-3-12)10-11-16-14-6-8-15(9-7-14)17(18)19/h6-9,12-13,16H,2-5,10-11H2,1H3. The van der Waals surface area contributed by atoms with Gasteiger partial charge in [0.15, 0.2) is 0 Å². The van der Waals surface area contributed by atoms with Crippen LogP contribution in [-0.4, -0.2) is 11.5 Å². The first-order valence-electron chi connectivity index (χ1n) is 7.13. The molecule has 19 heavy (non-hydrogen) atoms. The van der Waals surface area contributed by atoms with E-state index in [0.717, 1.165) is 24.1 Å². The molecule has 0 heterocycles. The summed E-state index contributed by atoms with van der Waals surface area (Å²) in [7, 11) is 0. The third-order valence-electron chi connectivity index (χ3n) is 4.10. The Morgan fingerprint density at radius 1 is 1.21 bits per heavy atom. The molecule has 0 amide bonds. The SMILES string of the molecule is CC1CCC(CCNc2ccc([N+](=O)[O-])cc2)CC1. The minimum Gasteiger partial charge on any atom is -0.385 e. The summed E-state index contributed by atoms with van der Waals surface area (Å²) in [6.45, 7) is 3.29. The monoisotopic (exact) mass is 262 g/mol. The highest BCUT2D eigenvalue weighted by molar-refractivity contribution is 5.48. The summed E-state index contributed by atoms with van der Waals surface area (Å²) >= 11 is 0. The Morgan fingerprint density at radius 3 is 2.42 bits per heavy atom. The van der Waals surface area contributed by atoms with E-state index in [1.807, 2.05) is 0 Å². The molecule has 4 nitrogen and oxygen atoms in total. The van der Waals surface area contributed by atoms with Gasteiger partial charge in [0.25, 0.3) is 5.69 Å². The highest BCUT2D eigenvalue weighted by Gasteiger charge is 2.17. The van der Waals surface area contributed by atoms with Crippen LogP contribution in [0.5, 0.6) is 0 Å². The average Bonchev–Trinajstić information content (AvgIpc) is 2.41. The van der Waals surface area contributed by atoms with Crippen LogP contribution in [0.2, 0.25) is 0 Å². The quantitative estimate of drug-likeness (QED) is 0.638. The van der Waals surface area contributed by atoms with Gasteiger partial charge < -0.3 is 5.32 Å². The van der Waals surface area contributed by atoms with Crippen molar-refractivity contribution in [3.8, 4) is 0 Å². The van der Waals surface area contributed by atoms with Crippen LogP contribution >= 0.6 is 0 Å². The van der Waals surface area contributed by atoms with Gasteiger partial charge in [-0.15, -0.1) is 0 Å². The van der Waals surface area contributed by atoms with Gasteiger partial charge in [0.05, 0.1) is 4.92 Å². The maximum Gasteiger partial charge on any atom is 0.269 e. The number of hydrogen-bond donors (Lipinski definition) is 1. The Kier molecular flexibility index (Phi) is 4.77. The Hall–Kier alpha value is -1.58. The zero-order valence-corrected chi connectivity index (χ0v) is 11.5. The van der Waals surface area contributed by atoms with Crippen molar-refractivity contribution in [3.05, 3.63) is 34.4 Å². The van der Waals surface area contributed by atoms with Crippen molar-refractivity contribution in [3.63, 3.8) is 0 Å². The first kappa shape index (κ1) is 13.8. The van der Waals surface area contributed by atoms with Gasteiger partial charge in [-0.25, -0.2) is 0 Å². The fraction of sp³-hybridized carbons (Fsp3) is 0.600. The van der Waals surface area contributed by atoms with Gasteiger partial charge >= 0.3 is 0 Å². The Labute approximate surface area is 114 Å². The lowest BCUT2D eigenvalue weighted by Gasteiger charge is -2.26. The van der Waals surface area contributed by atoms with Gasteiger partial charge in [-0.1, -0.05) is 32.6 Å². The molecular formula is C15H22N2O2. The highest BCUT2D eigenvalue weighted by Crippen LogP contribution is 2.30. The smallest absolute Gasteiger partial charge is 0.269 e. The second-order valence-electron chi connectivity index (χ2n) is 5.65. The number of rotatable bonds is 5. The maximum atomic E-state index is 10.5. The minimum atomic E-state index is -0.368. The molecule has 0 saturated heterocycles. The average molecular weight is 262 g/mol. The van der Waals surface area contributed by atoms with Crippen molar-refractivity contribution in [2.24, 2.45) is 11.8 Å². The summed E-state index contributed by atoms with van der Waals surface area (Å²) in [6, 6.07) is 6.65. The number of benzene rings is 1. The number of non-ortho nitro benzene ring substituents is 1. The molecule has 0 radical (unpaired) electrons. The van der Waals surface area contributed by atoms with E-state index in [1.54, 1.807) is 24.3 Å². The molecule has 0 bridgehead atoms. The van der Waals surface area contributed by atoms with E-state index in [1.165, 1.54) is 32.1 Å². The van der Waals surface area contributed by atoms with Gasteiger partial charge in [-0.05, 0) is 30.4 Å². The molecule has 0 aromatic heterocycles. The fourth-order valence-corrected chi connectivity index (χ4v) is 2.74. The van der Waals surface area contributed by atoms with Crippen molar-refractivity contribution in [2.45, 2.75) is 39.0 Å². The largest absolute Gasteiger partial charge is 0.385 e. The lowest BCUT2D eigenvalue weighted by Crippen LogP contribution is -2.15. The van der Waals surface area contributed by atoms with E-state index in [2.05, 4.69) is 12.2 Å². The van der Waals surface area contributed by atoms with Crippen molar-refractivity contribution < 1.29 is 4.92 Å². The molecule has 0 atom stereocenters. The van der Waals surface area contributed by atoms with Crippen LogP contribution in [0.15, 0.2) is 24.3 Å². The number of hydrogen-bond acceptors (Lipinski definition) is 3. The first-order chi connectivity index (χ1) is 9.15. The first-order valence-corrected chi connectivity index (χ1v) is 7.13. The predicted octanol–water partition coefficient (Wildman–Crippen LogP) is 4.22. The Balaban J connectivity index is 1.72. The van der Waals surface area contributed by atoms with Crippen LogP contribution in [0, 0.1) is 22.0 Å². The van der Waals surface area contributed by atoms with Crippen molar-refractivity contribution in [1.29, 1.82) is 0 Å². The molecule has 1 saturated carbocycles. The molecule has 1 N–H and O–H groups in total. The van der Waals surface area contributed by atoms with Crippen LogP contribution in [0.1, 0.15) is 39.0 Å². The van der Waals surface area contributed by atoms with E-state index in [-0.39, 0.29) is 10.6 Å². The molecule has 1 aromatic carbocycles. The lowest BCUT2D eigenvalue weighted by atomic mass is 9.81. The molecule has 1 fully saturated rings. The van der Waals surface area contributed by atoms with Gasteiger partial charge in [0.2, 0.25) is 0 Å². The topological polar surface area (TPSA) is 55.2 Å². The number of nitrogens with one attached hydrogen (secondary N) is 1. The fourth-order valence-electron chi connectivity index (χ4n) is 2.74. The number of nitro groups is 1. The predicted molar refractivity (Wildman–Crippen MR) is 77.3 cm³/mol. The van der Waals surface area contributed by atoms with Crippen LogP contribution in [0.3, 0.4) is 0 Å². The third kappa shape index (κ3) is 4.23. The zero-order chi connectivity index (χ0) is 13.7. The number of anilines is 1. The van der Waals surface area contributed by atoms with Gasteiger partial charge in [-0.2, -0.15) is 0 Å². The zero-order valence-electron chi connectivity index (χ0n) is 11.5. The van der Waals surface area contributed by atoms with Crippen molar-refractivity contribution >= 4 is 11.4 Å². The Bertz CT molecular complexity index is 409. The molecule has 2 rings (SSSR count). The second-order valence-corrected chi connectivity index (χ2v) is 5.65. The van der Waals surface area contributed by atoms with Gasteiger partial charge in [0, 0.05) is 24.4 Å². The molecule has 1 aliphatic rings. The number of nitro benzene ring substituents is 1. The van der Waals surface area contributed by atoms with Crippen LogP contribution in [0.4, 0.5) is 11.4 Å². The summed E-state index contributed by atoms with van der Waals surface area (Å²) in [6.07, 6.45) is 6.63. The summed E-state index contributed by atoms with van der Waals surface area (Å²) in [5.41, 5.74) is 1.11. The van der Waals surface area contributed by atoms with E-state index in [4.69, 9.17) is 0 Å². The highest BCUT2D eigenvalue weighted by atomic mass is 16.6. The molecule has 0 aliphatic heterocycles. The summed E-state index contributed by atoms with van der Waals surface area (Å²) < 4.78 is 0. The summed E-state index contributed by atoms with van der Waals surface area (Å²) in [5.74, 6) is 1.75. The molecule has 104 valence electrons. The third-order valence-corrected chi connectivity index (χ3v) is 4.10. The van der Waals surface area contributed by atoms with Crippen LogP contribution in [-0.2, 0) is 0 Å². The maximum absolute atomic E-state index is 10.5. The van der Waals surface area contributed by atoms with Gasteiger partial charge in [-0.3, -0.25) is 10.1 Å². The molecule has 4 heteroatoms. The Morgan fingerprint density at radius 2 is 1.84 bits per heavy atom. The minimum absolute atomic E-state index is 0.145. The van der Waals surface area contributed by atoms with Crippen molar-refractivity contribution in [1.82, 2.24) is 0 Å². The molecule has 1 aliphatic carbocycles. The van der Waals surface area contributed by atoms with Gasteiger partial charge in [0.1, 0.15) is 0 Å². The summed E-state index contributed by atoms with van der Waals surface area (Å²) in [5, 5.41) is 13.9.